The average Bonchev–Trinajstić information content (AvgIpc) is 2.47. The van der Waals surface area contributed by atoms with Crippen molar-refractivity contribution in [1.82, 2.24) is 10.2 Å². The third kappa shape index (κ3) is 9.12. The van der Waals surface area contributed by atoms with Gasteiger partial charge in [0, 0.05) is 6.54 Å². The van der Waals surface area contributed by atoms with Gasteiger partial charge in [0.1, 0.15) is 5.54 Å². The summed E-state index contributed by atoms with van der Waals surface area (Å²) in [5, 5.41) is 30.3. The molecule has 0 bridgehead atoms. The van der Waals surface area contributed by atoms with E-state index in [1.54, 1.807) is 7.05 Å². The summed E-state index contributed by atoms with van der Waals surface area (Å²) < 4.78 is 0. The van der Waals surface area contributed by atoms with Crippen LogP contribution in [0.3, 0.4) is 0 Å². The van der Waals surface area contributed by atoms with Crippen molar-refractivity contribution in [2.24, 2.45) is 0 Å². The summed E-state index contributed by atoms with van der Waals surface area (Å²) in [5.74, 6) is -0.813. The summed E-state index contributed by atoms with van der Waals surface area (Å²) in [6.07, 6.45) is 6.37. The Morgan fingerprint density at radius 3 is 2.22 bits per heavy atom. The van der Waals surface area contributed by atoms with Gasteiger partial charge in [-0.2, -0.15) is 0 Å². The maximum absolute atomic E-state index is 11.7. The van der Waals surface area contributed by atoms with E-state index >= 15 is 0 Å². The first-order chi connectivity index (χ1) is 10.00. The molecule has 0 amide bonds. The molecule has 23 heavy (non-hydrogen) atoms. The highest BCUT2D eigenvalue weighted by Crippen LogP contribution is 2.22. The summed E-state index contributed by atoms with van der Waals surface area (Å²) in [6, 6.07) is 0. The number of likely N-dealkylation sites (N-methyl/N-ethyl adjacent to an activating group) is 1. The molecule has 4 N–H and O–H groups in total. The Morgan fingerprint density at radius 2 is 1.74 bits per heavy atom. The molecule has 1 heterocycles. The normalized spacial score (nSPS) is 17.5. The maximum Gasteiger partial charge on any atom is 0.451 e. The van der Waals surface area contributed by atoms with Gasteiger partial charge in [0.2, 0.25) is 0 Å². The molecule has 1 aliphatic rings. The summed E-state index contributed by atoms with van der Waals surface area (Å²) in [4.78, 5) is 14.0. The lowest BCUT2D eigenvalue weighted by Crippen LogP contribution is -2.52. The van der Waals surface area contributed by atoms with Gasteiger partial charge in [-0.05, 0) is 52.1 Å². The van der Waals surface area contributed by atoms with E-state index in [1.807, 2.05) is 0 Å². The van der Waals surface area contributed by atoms with Gasteiger partial charge in [-0.15, -0.1) is 24.8 Å². The van der Waals surface area contributed by atoms with Crippen LogP contribution in [-0.2, 0) is 4.79 Å². The lowest BCUT2D eigenvalue weighted by Gasteiger charge is -2.33. The van der Waals surface area contributed by atoms with Gasteiger partial charge >= 0.3 is 13.1 Å². The van der Waals surface area contributed by atoms with Crippen LogP contribution in [0.25, 0.3) is 0 Å². The number of aliphatic carboxylic acids is 1. The molecule has 6 nitrogen and oxygen atoms in total. The molecular weight excluding hydrogens is 342 g/mol. The van der Waals surface area contributed by atoms with Crippen molar-refractivity contribution in [3.8, 4) is 0 Å². The molecule has 9 heteroatoms. The molecular formula is C14H31BCl2N2O4. The standard InChI is InChI=1S/C14H29BN2O4.2ClH/c1-16-14(13(18)19,7-3-4-9-15(20)21)8-12-17-10-5-2-6-11-17;;/h16,20-21H,2-12H2,1H3,(H,18,19);2*1H. The number of nitrogens with one attached hydrogen (secondary N) is 1. The van der Waals surface area contributed by atoms with Crippen LogP contribution in [0.2, 0.25) is 6.32 Å². The summed E-state index contributed by atoms with van der Waals surface area (Å²) >= 11 is 0. The minimum Gasteiger partial charge on any atom is -0.480 e. The molecule has 0 aromatic carbocycles. The van der Waals surface area contributed by atoms with Crippen molar-refractivity contribution < 1.29 is 19.9 Å². The number of hydrogen-bond donors (Lipinski definition) is 4. The highest BCUT2D eigenvalue weighted by molar-refractivity contribution is 6.40. The largest absolute Gasteiger partial charge is 0.480 e. The molecule has 0 spiro atoms. The second-order valence-electron chi connectivity index (χ2n) is 6.02. The third-order valence-corrected chi connectivity index (χ3v) is 4.51. The molecule has 1 aliphatic heterocycles. The van der Waals surface area contributed by atoms with Gasteiger partial charge in [0.25, 0.3) is 0 Å². The van der Waals surface area contributed by atoms with Crippen molar-refractivity contribution in [3.05, 3.63) is 0 Å². The smallest absolute Gasteiger partial charge is 0.451 e. The number of unbranched alkanes of at least 4 members (excludes halogenated alkanes) is 1. The SMILES string of the molecule is CNC(CCCCB(O)O)(CCN1CCCCC1)C(=O)O.Cl.Cl. The van der Waals surface area contributed by atoms with Crippen LogP contribution >= 0.6 is 24.8 Å². The van der Waals surface area contributed by atoms with Gasteiger partial charge in [0.15, 0.2) is 0 Å². The van der Waals surface area contributed by atoms with Gasteiger partial charge in [-0.3, -0.25) is 4.79 Å². The third-order valence-electron chi connectivity index (χ3n) is 4.51. The number of piperidine rings is 1. The molecule has 0 aromatic rings. The number of halogens is 2. The summed E-state index contributed by atoms with van der Waals surface area (Å²) in [5.41, 5.74) is -0.905. The Hall–Kier alpha value is -0.0451. The first kappa shape index (κ1) is 25.2. The molecule has 0 saturated carbocycles. The van der Waals surface area contributed by atoms with Crippen molar-refractivity contribution >= 4 is 37.9 Å². The molecule has 1 rings (SSSR count). The predicted molar refractivity (Wildman–Crippen MR) is 97.7 cm³/mol. The topological polar surface area (TPSA) is 93.0 Å². The van der Waals surface area contributed by atoms with E-state index in [0.29, 0.717) is 32.0 Å². The maximum atomic E-state index is 11.7. The first-order valence-corrected chi connectivity index (χ1v) is 8.01. The molecule has 0 radical (unpaired) electrons. The van der Waals surface area contributed by atoms with Crippen LogP contribution in [0.1, 0.15) is 44.9 Å². The second-order valence-corrected chi connectivity index (χ2v) is 6.02. The number of nitrogens with zero attached hydrogens (tertiary/aromatic N) is 1. The van der Waals surface area contributed by atoms with E-state index in [2.05, 4.69) is 10.2 Å². The van der Waals surface area contributed by atoms with Crippen LogP contribution in [0.4, 0.5) is 0 Å². The Balaban J connectivity index is 0. The quantitative estimate of drug-likeness (QED) is 0.342. The van der Waals surface area contributed by atoms with Gasteiger partial charge in [-0.25, -0.2) is 0 Å². The fourth-order valence-corrected chi connectivity index (χ4v) is 2.98. The van der Waals surface area contributed by atoms with E-state index in [1.165, 1.54) is 19.3 Å². The zero-order chi connectivity index (χ0) is 15.7. The minimum atomic E-state index is -1.30. The van der Waals surface area contributed by atoms with Crippen LogP contribution in [0.15, 0.2) is 0 Å². The lowest BCUT2D eigenvalue weighted by molar-refractivity contribution is -0.145. The van der Waals surface area contributed by atoms with E-state index in [9.17, 15) is 9.90 Å². The predicted octanol–water partition coefficient (Wildman–Crippen LogP) is 1.39. The van der Waals surface area contributed by atoms with Gasteiger partial charge in [0.05, 0.1) is 0 Å². The molecule has 1 atom stereocenters. The first-order valence-electron chi connectivity index (χ1n) is 8.01. The summed E-state index contributed by atoms with van der Waals surface area (Å²) in [6.45, 7) is 2.93. The van der Waals surface area contributed by atoms with Crippen LogP contribution in [-0.4, -0.2) is 65.4 Å². The molecule has 138 valence electrons. The van der Waals surface area contributed by atoms with Crippen LogP contribution < -0.4 is 5.32 Å². The Kier molecular flexibility index (Phi) is 14.5. The van der Waals surface area contributed by atoms with E-state index in [4.69, 9.17) is 10.0 Å². The van der Waals surface area contributed by atoms with Gasteiger partial charge < -0.3 is 25.4 Å². The number of carbonyl (C=O) groups is 1. The minimum absolute atomic E-state index is 0. The summed E-state index contributed by atoms with van der Waals surface area (Å²) in [7, 11) is 0.401. The van der Waals surface area contributed by atoms with Crippen molar-refractivity contribution in [2.45, 2.75) is 56.8 Å². The number of rotatable bonds is 10. The zero-order valence-corrected chi connectivity index (χ0v) is 15.5. The van der Waals surface area contributed by atoms with Crippen molar-refractivity contribution in [2.75, 3.05) is 26.7 Å². The molecule has 1 fully saturated rings. The van der Waals surface area contributed by atoms with E-state index in [-0.39, 0.29) is 24.8 Å². The molecule has 0 aromatic heterocycles. The number of carboxylic acid groups (broad SMARTS) is 1. The van der Waals surface area contributed by atoms with Crippen molar-refractivity contribution in [3.63, 3.8) is 0 Å². The average molecular weight is 373 g/mol. The Bertz CT molecular complexity index is 321. The van der Waals surface area contributed by atoms with Gasteiger partial charge in [-0.1, -0.05) is 19.3 Å². The van der Waals surface area contributed by atoms with Crippen LogP contribution in [0.5, 0.6) is 0 Å². The zero-order valence-electron chi connectivity index (χ0n) is 13.9. The van der Waals surface area contributed by atoms with E-state index in [0.717, 1.165) is 19.6 Å². The number of carboxylic acids is 1. The molecule has 1 unspecified atom stereocenters. The number of likely N-dealkylation sites (tertiary alicyclic amines) is 1. The highest BCUT2D eigenvalue weighted by Gasteiger charge is 2.36. The lowest BCUT2D eigenvalue weighted by atomic mass is 9.81. The van der Waals surface area contributed by atoms with E-state index < -0.39 is 18.6 Å². The number of hydrogen-bond acceptors (Lipinski definition) is 5. The fraction of sp³-hybridized carbons (Fsp3) is 0.929. The van der Waals surface area contributed by atoms with Crippen LogP contribution in [0, 0.1) is 0 Å². The molecule has 0 aliphatic carbocycles. The monoisotopic (exact) mass is 372 g/mol. The fourth-order valence-electron chi connectivity index (χ4n) is 2.98. The van der Waals surface area contributed by atoms with Crippen molar-refractivity contribution in [1.29, 1.82) is 0 Å². The second kappa shape index (κ2) is 13.3. The molecule has 1 saturated heterocycles. The Morgan fingerprint density at radius 1 is 1.13 bits per heavy atom. The highest BCUT2D eigenvalue weighted by atomic mass is 35.5. The Labute approximate surface area is 152 Å².